The van der Waals surface area contributed by atoms with Crippen molar-refractivity contribution in [1.82, 2.24) is 5.32 Å². The lowest BCUT2D eigenvalue weighted by Crippen LogP contribution is -2.32. The Morgan fingerprint density at radius 2 is 2.22 bits per heavy atom. The average Bonchev–Trinajstić information content (AvgIpc) is 2.36. The molecule has 1 aromatic rings. The third-order valence-electron chi connectivity index (χ3n) is 2.51. The van der Waals surface area contributed by atoms with Gasteiger partial charge in [-0.3, -0.25) is 4.79 Å². The van der Waals surface area contributed by atoms with E-state index in [4.69, 9.17) is 10.5 Å². The summed E-state index contributed by atoms with van der Waals surface area (Å²) in [6.07, 6.45) is 0. The summed E-state index contributed by atoms with van der Waals surface area (Å²) >= 11 is 3.43. The third kappa shape index (κ3) is 4.84. The molecule has 0 fully saturated rings. The zero-order chi connectivity index (χ0) is 12.8. The van der Waals surface area contributed by atoms with Gasteiger partial charge in [-0.1, -0.05) is 22.9 Å². The van der Waals surface area contributed by atoms with E-state index >= 15 is 0 Å². The van der Waals surface area contributed by atoms with Crippen LogP contribution < -0.4 is 15.8 Å². The van der Waals surface area contributed by atoms with Crippen molar-refractivity contribution in [2.75, 3.05) is 13.7 Å². The highest BCUT2D eigenvalue weighted by atomic mass is 79.9. The zero-order valence-electron chi connectivity index (χ0n) is 10.4. The molecule has 1 rings (SSSR count). The van der Waals surface area contributed by atoms with Gasteiger partial charge in [-0.15, -0.1) is 12.4 Å². The van der Waals surface area contributed by atoms with Crippen LogP contribution in [0.15, 0.2) is 22.7 Å². The van der Waals surface area contributed by atoms with Crippen LogP contribution in [0.3, 0.4) is 0 Å². The Hall–Kier alpha value is -0.780. The number of rotatable bonds is 5. The molecule has 0 aliphatic carbocycles. The predicted molar refractivity (Wildman–Crippen MR) is 78.0 cm³/mol. The van der Waals surface area contributed by atoms with Gasteiger partial charge >= 0.3 is 0 Å². The van der Waals surface area contributed by atoms with Crippen LogP contribution in [0.2, 0.25) is 0 Å². The molecule has 1 amide bonds. The highest BCUT2D eigenvalue weighted by Crippen LogP contribution is 2.22. The molecule has 0 spiro atoms. The highest BCUT2D eigenvalue weighted by Gasteiger charge is 2.11. The van der Waals surface area contributed by atoms with E-state index in [0.29, 0.717) is 13.1 Å². The first kappa shape index (κ1) is 17.2. The minimum atomic E-state index is -0.167. The van der Waals surface area contributed by atoms with Crippen LogP contribution in [0.5, 0.6) is 5.75 Å². The molecule has 18 heavy (non-hydrogen) atoms. The molecular formula is C12H18BrClN2O2. The van der Waals surface area contributed by atoms with Crippen LogP contribution in [0.25, 0.3) is 0 Å². The topological polar surface area (TPSA) is 64.3 Å². The number of hydrogen-bond acceptors (Lipinski definition) is 3. The monoisotopic (exact) mass is 336 g/mol. The Bertz CT molecular complexity index is 402. The Morgan fingerprint density at radius 1 is 1.56 bits per heavy atom. The Balaban J connectivity index is 0.00000289. The van der Waals surface area contributed by atoms with E-state index in [9.17, 15) is 4.79 Å². The first-order chi connectivity index (χ1) is 8.08. The molecular weight excluding hydrogens is 320 g/mol. The zero-order valence-corrected chi connectivity index (χ0v) is 12.8. The van der Waals surface area contributed by atoms with Gasteiger partial charge in [-0.2, -0.15) is 0 Å². The van der Waals surface area contributed by atoms with E-state index in [2.05, 4.69) is 21.2 Å². The Morgan fingerprint density at radius 3 is 2.78 bits per heavy atom. The van der Waals surface area contributed by atoms with Crippen molar-refractivity contribution in [3.05, 3.63) is 28.2 Å². The molecule has 0 aliphatic rings. The summed E-state index contributed by atoms with van der Waals surface area (Å²) in [6, 6.07) is 5.64. The van der Waals surface area contributed by atoms with Gasteiger partial charge in [0.15, 0.2) is 0 Å². The van der Waals surface area contributed by atoms with Crippen LogP contribution in [-0.4, -0.2) is 19.6 Å². The lowest BCUT2D eigenvalue weighted by molar-refractivity contribution is -0.124. The molecule has 1 aromatic carbocycles. The standard InChI is InChI=1S/C12H17BrN2O2.ClH/c1-8(6-14)12(16)15-7-9-5-10(17-2)3-4-11(9)13;/h3-5,8H,6-7,14H2,1-2H3,(H,15,16);1H. The summed E-state index contributed by atoms with van der Waals surface area (Å²) in [5, 5.41) is 2.84. The molecule has 0 saturated heterocycles. The SMILES string of the molecule is COc1ccc(Br)c(CNC(=O)C(C)CN)c1.Cl. The maximum Gasteiger partial charge on any atom is 0.224 e. The number of halogens is 2. The molecule has 0 aliphatic heterocycles. The van der Waals surface area contributed by atoms with Gasteiger partial charge in [-0.25, -0.2) is 0 Å². The molecule has 102 valence electrons. The van der Waals surface area contributed by atoms with Gasteiger partial charge in [-0.05, 0) is 23.8 Å². The first-order valence-corrected chi connectivity index (χ1v) is 6.18. The quantitative estimate of drug-likeness (QED) is 0.865. The van der Waals surface area contributed by atoms with Gasteiger partial charge in [0.1, 0.15) is 5.75 Å². The summed E-state index contributed by atoms with van der Waals surface area (Å²) in [6.45, 7) is 2.61. The Labute approximate surface area is 122 Å². The number of amides is 1. The van der Waals surface area contributed by atoms with Crippen LogP contribution >= 0.6 is 28.3 Å². The van der Waals surface area contributed by atoms with Crippen LogP contribution in [0.4, 0.5) is 0 Å². The second kappa shape index (κ2) is 8.34. The highest BCUT2D eigenvalue weighted by molar-refractivity contribution is 9.10. The van der Waals surface area contributed by atoms with Crippen molar-refractivity contribution in [2.45, 2.75) is 13.5 Å². The summed E-state index contributed by atoms with van der Waals surface area (Å²) in [5.41, 5.74) is 6.40. The van der Waals surface area contributed by atoms with Gasteiger partial charge in [0, 0.05) is 23.5 Å². The molecule has 0 aromatic heterocycles. The minimum Gasteiger partial charge on any atom is -0.497 e. The van der Waals surface area contributed by atoms with E-state index < -0.39 is 0 Å². The van der Waals surface area contributed by atoms with Gasteiger partial charge < -0.3 is 15.8 Å². The molecule has 0 radical (unpaired) electrons. The average molecular weight is 338 g/mol. The van der Waals surface area contributed by atoms with Crippen LogP contribution in [0, 0.1) is 5.92 Å². The van der Waals surface area contributed by atoms with E-state index in [-0.39, 0.29) is 24.2 Å². The summed E-state index contributed by atoms with van der Waals surface area (Å²) < 4.78 is 6.08. The molecule has 4 nitrogen and oxygen atoms in total. The van der Waals surface area contributed by atoms with E-state index in [1.54, 1.807) is 14.0 Å². The minimum absolute atomic E-state index is 0. The van der Waals surface area contributed by atoms with E-state index in [0.717, 1.165) is 15.8 Å². The second-order valence-corrected chi connectivity index (χ2v) is 4.67. The van der Waals surface area contributed by atoms with Gasteiger partial charge in [0.25, 0.3) is 0 Å². The number of benzene rings is 1. The maximum absolute atomic E-state index is 11.6. The van der Waals surface area contributed by atoms with Crippen LogP contribution in [0.1, 0.15) is 12.5 Å². The van der Waals surface area contributed by atoms with Crippen molar-refractivity contribution < 1.29 is 9.53 Å². The maximum atomic E-state index is 11.6. The van der Waals surface area contributed by atoms with Crippen LogP contribution in [-0.2, 0) is 11.3 Å². The third-order valence-corrected chi connectivity index (χ3v) is 3.28. The molecule has 1 atom stereocenters. The summed E-state index contributed by atoms with van der Waals surface area (Å²) in [4.78, 5) is 11.6. The molecule has 1 unspecified atom stereocenters. The van der Waals surface area contributed by atoms with E-state index in [1.165, 1.54) is 0 Å². The number of methoxy groups -OCH3 is 1. The van der Waals surface area contributed by atoms with Crippen molar-refractivity contribution in [2.24, 2.45) is 11.7 Å². The number of nitrogens with one attached hydrogen (secondary N) is 1. The first-order valence-electron chi connectivity index (χ1n) is 5.38. The van der Waals surface area contributed by atoms with Crippen molar-refractivity contribution in [1.29, 1.82) is 0 Å². The predicted octanol–water partition coefficient (Wildman–Crippen LogP) is 2.09. The molecule has 0 saturated carbocycles. The molecule has 0 bridgehead atoms. The normalized spacial score (nSPS) is 11.3. The number of carbonyl (C=O) groups is 1. The van der Waals surface area contributed by atoms with Gasteiger partial charge in [0.05, 0.1) is 7.11 Å². The fourth-order valence-corrected chi connectivity index (χ4v) is 1.66. The molecule has 6 heteroatoms. The number of carbonyl (C=O) groups excluding carboxylic acids is 1. The lowest BCUT2D eigenvalue weighted by atomic mass is 10.1. The van der Waals surface area contributed by atoms with Gasteiger partial charge in [0.2, 0.25) is 5.91 Å². The fourth-order valence-electron chi connectivity index (χ4n) is 1.28. The summed E-state index contributed by atoms with van der Waals surface area (Å²) in [7, 11) is 1.61. The number of hydrogen-bond donors (Lipinski definition) is 2. The van der Waals surface area contributed by atoms with Crippen molar-refractivity contribution in [3.8, 4) is 5.75 Å². The largest absolute Gasteiger partial charge is 0.497 e. The second-order valence-electron chi connectivity index (χ2n) is 3.81. The van der Waals surface area contributed by atoms with Crippen molar-refractivity contribution >= 4 is 34.2 Å². The smallest absolute Gasteiger partial charge is 0.224 e. The molecule has 3 N–H and O–H groups in total. The van der Waals surface area contributed by atoms with Crippen molar-refractivity contribution in [3.63, 3.8) is 0 Å². The van der Waals surface area contributed by atoms with E-state index in [1.807, 2.05) is 18.2 Å². The number of ether oxygens (including phenoxy) is 1. The number of nitrogens with two attached hydrogens (primary N) is 1. The summed E-state index contributed by atoms with van der Waals surface area (Å²) in [5.74, 6) is 0.561. The fraction of sp³-hybridized carbons (Fsp3) is 0.417. The Kier molecular flexibility index (Phi) is 7.98. The lowest BCUT2D eigenvalue weighted by Gasteiger charge is -2.11. The molecule has 0 heterocycles.